The van der Waals surface area contributed by atoms with E-state index in [1.165, 1.54) is 16.9 Å². The molecule has 2 aromatic carbocycles. The highest BCUT2D eigenvalue weighted by molar-refractivity contribution is 7.12. The summed E-state index contributed by atoms with van der Waals surface area (Å²) in [5.74, 6) is 0.0563. The Labute approximate surface area is 182 Å². The molecule has 0 N–H and O–H groups in total. The summed E-state index contributed by atoms with van der Waals surface area (Å²) in [6, 6.07) is 19.7. The van der Waals surface area contributed by atoms with Crippen LogP contribution in [0.4, 0.5) is 5.69 Å². The molecule has 0 saturated heterocycles. The van der Waals surface area contributed by atoms with Gasteiger partial charge in [-0.2, -0.15) is 0 Å². The van der Waals surface area contributed by atoms with Gasteiger partial charge in [-0.3, -0.25) is 9.59 Å². The number of nitrogens with zero attached hydrogens (tertiary/aromatic N) is 2. The topological polar surface area (TPSA) is 40.6 Å². The minimum absolute atomic E-state index is 0.0304. The SMILES string of the molecule is CCCN(C)C(=O)Cc1cccc(N(Cc2ccc(C)cc2)C(=O)c2cccs2)c1. The van der Waals surface area contributed by atoms with Crippen LogP contribution in [0.15, 0.2) is 66.0 Å². The Bertz CT molecular complexity index is 981. The van der Waals surface area contributed by atoms with Crippen molar-refractivity contribution in [1.29, 1.82) is 0 Å². The highest BCUT2D eigenvalue weighted by Crippen LogP contribution is 2.24. The largest absolute Gasteiger partial charge is 0.345 e. The number of carbonyl (C=O) groups excluding carboxylic acids is 2. The molecule has 0 saturated carbocycles. The fourth-order valence-electron chi connectivity index (χ4n) is 3.29. The van der Waals surface area contributed by atoms with Crippen LogP contribution >= 0.6 is 11.3 Å². The molecule has 0 spiro atoms. The van der Waals surface area contributed by atoms with Crippen LogP contribution in [0.5, 0.6) is 0 Å². The fraction of sp³-hybridized carbons (Fsp3) is 0.280. The summed E-state index contributed by atoms with van der Waals surface area (Å²) in [5, 5.41) is 1.91. The molecular formula is C25H28N2O2S. The number of hydrogen-bond donors (Lipinski definition) is 0. The Balaban J connectivity index is 1.88. The molecule has 156 valence electrons. The third-order valence-electron chi connectivity index (χ3n) is 5.00. The lowest BCUT2D eigenvalue weighted by atomic mass is 10.1. The molecule has 0 fully saturated rings. The number of carbonyl (C=O) groups is 2. The highest BCUT2D eigenvalue weighted by atomic mass is 32.1. The van der Waals surface area contributed by atoms with Crippen molar-refractivity contribution >= 4 is 28.8 Å². The van der Waals surface area contributed by atoms with Gasteiger partial charge in [-0.1, -0.05) is 55.0 Å². The predicted molar refractivity (Wildman–Crippen MR) is 124 cm³/mol. The maximum absolute atomic E-state index is 13.3. The molecule has 2 amide bonds. The Morgan fingerprint density at radius 3 is 2.40 bits per heavy atom. The number of rotatable bonds is 8. The van der Waals surface area contributed by atoms with Crippen molar-refractivity contribution in [2.75, 3.05) is 18.5 Å². The van der Waals surface area contributed by atoms with E-state index >= 15 is 0 Å². The highest BCUT2D eigenvalue weighted by Gasteiger charge is 2.20. The average molecular weight is 421 g/mol. The molecule has 3 rings (SSSR count). The fourth-order valence-corrected chi connectivity index (χ4v) is 3.97. The molecule has 4 nitrogen and oxygen atoms in total. The van der Waals surface area contributed by atoms with Gasteiger partial charge in [-0.25, -0.2) is 0 Å². The number of likely N-dealkylation sites (N-methyl/N-ethyl adjacent to an activating group) is 1. The number of aryl methyl sites for hydroxylation is 1. The van der Waals surface area contributed by atoms with Crippen LogP contribution in [0.2, 0.25) is 0 Å². The van der Waals surface area contributed by atoms with Crippen LogP contribution in [0, 0.1) is 6.92 Å². The van der Waals surface area contributed by atoms with E-state index in [4.69, 9.17) is 0 Å². The van der Waals surface area contributed by atoms with Gasteiger partial charge in [0.05, 0.1) is 17.8 Å². The summed E-state index contributed by atoms with van der Waals surface area (Å²) in [5.41, 5.74) is 3.96. The molecule has 0 radical (unpaired) electrons. The van der Waals surface area contributed by atoms with Crippen LogP contribution in [0.1, 0.15) is 39.7 Å². The lowest BCUT2D eigenvalue weighted by molar-refractivity contribution is -0.129. The number of hydrogen-bond acceptors (Lipinski definition) is 3. The number of thiophene rings is 1. The molecule has 0 bridgehead atoms. The normalized spacial score (nSPS) is 10.6. The molecule has 30 heavy (non-hydrogen) atoms. The van der Waals surface area contributed by atoms with Crippen LogP contribution < -0.4 is 4.90 Å². The molecular weight excluding hydrogens is 392 g/mol. The van der Waals surface area contributed by atoms with E-state index in [-0.39, 0.29) is 11.8 Å². The second kappa shape index (κ2) is 10.2. The molecule has 0 aliphatic heterocycles. The summed E-state index contributed by atoms with van der Waals surface area (Å²) >= 11 is 1.44. The van der Waals surface area contributed by atoms with Crippen LogP contribution in [-0.2, 0) is 17.8 Å². The van der Waals surface area contributed by atoms with Gasteiger partial charge in [-0.15, -0.1) is 11.3 Å². The van der Waals surface area contributed by atoms with Gasteiger partial charge in [-0.05, 0) is 48.1 Å². The molecule has 0 aliphatic rings. The summed E-state index contributed by atoms with van der Waals surface area (Å²) in [7, 11) is 1.83. The van der Waals surface area contributed by atoms with Crippen molar-refractivity contribution in [3.05, 3.63) is 87.6 Å². The van der Waals surface area contributed by atoms with Crippen molar-refractivity contribution in [3.8, 4) is 0 Å². The van der Waals surface area contributed by atoms with Crippen molar-refractivity contribution in [2.45, 2.75) is 33.2 Å². The van der Waals surface area contributed by atoms with E-state index in [1.54, 1.807) is 9.80 Å². The molecule has 1 aromatic heterocycles. The summed E-state index contributed by atoms with van der Waals surface area (Å²) in [4.78, 5) is 30.0. The van der Waals surface area contributed by atoms with E-state index in [2.05, 4.69) is 31.2 Å². The third kappa shape index (κ3) is 5.57. The van der Waals surface area contributed by atoms with Gasteiger partial charge in [0.25, 0.3) is 5.91 Å². The Morgan fingerprint density at radius 1 is 0.967 bits per heavy atom. The molecule has 3 aromatic rings. The zero-order valence-corrected chi connectivity index (χ0v) is 18.6. The summed E-state index contributed by atoms with van der Waals surface area (Å²) < 4.78 is 0. The maximum atomic E-state index is 13.3. The summed E-state index contributed by atoms with van der Waals surface area (Å²) in [6.07, 6.45) is 1.26. The zero-order valence-electron chi connectivity index (χ0n) is 17.8. The first-order valence-electron chi connectivity index (χ1n) is 10.2. The molecule has 5 heteroatoms. The second-order valence-corrected chi connectivity index (χ2v) is 8.46. The lowest BCUT2D eigenvalue weighted by Gasteiger charge is -2.23. The van der Waals surface area contributed by atoms with Crippen molar-refractivity contribution < 1.29 is 9.59 Å². The number of benzene rings is 2. The van der Waals surface area contributed by atoms with Gasteiger partial charge in [0.2, 0.25) is 5.91 Å². The van der Waals surface area contributed by atoms with Crippen molar-refractivity contribution in [1.82, 2.24) is 4.90 Å². The molecule has 1 heterocycles. The summed E-state index contributed by atoms with van der Waals surface area (Å²) in [6.45, 7) is 5.33. The molecule has 0 unspecified atom stereocenters. The Morgan fingerprint density at radius 2 is 1.73 bits per heavy atom. The van der Waals surface area contributed by atoms with Crippen LogP contribution in [0.25, 0.3) is 0 Å². The second-order valence-electron chi connectivity index (χ2n) is 7.52. The minimum atomic E-state index is -0.0304. The predicted octanol–water partition coefficient (Wildman–Crippen LogP) is 5.31. The number of anilines is 1. The minimum Gasteiger partial charge on any atom is -0.345 e. The van der Waals surface area contributed by atoms with Gasteiger partial charge in [0.1, 0.15) is 0 Å². The first-order valence-corrected chi connectivity index (χ1v) is 11.1. The van der Waals surface area contributed by atoms with Gasteiger partial charge in [0.15, 0.2) is 0 Å². The van der Waals surface area contributed by atoms with E-state index < -0.39 is 0 Å². The third-order valence-corrected chi connectivity index (χ3v) is 5.86. The zero-order chi connectivity index (χ0) is 21.5. The van der Waals surface area contributed by atoms with Crippen LogP contribution in [-0.4, -0.2) is 30.3 Å². The van der Waals surface area contributed by atoms with Gasteiger partial charge < -0.3 is 9.80 Å². The van der Waals surface area contributed by atoms with Gasteiger partial charge in [0, 0.05) is 19.3 Å². The van der Waals surface area contributed by atoms with E-state index in [1.807, 2.05) is 55.7 Å². The van der Waals surface area contributed by atoms with E-state index in [9.17, 15) is 9.59 Å². The average Bonchev–Trinajstić information content (AvgIpc) is 3.28. The monoisotopic (exact) mass is 420 g/mol. The Kier molecular flexibility index (Phi) is 7.41. The van der Waals surface area contributed by atoms with Crippen molar-refractivity contribution in [3.63, 3.8) is 0 Å². The standard InChI is InChI=1S/C25H28N2O2S/c1-4-14-26(3)24(28)17-21-7-5-8-22(16-21)27(25(29)23-9-6-15-30-23)18-20-12-10-19(2)11-13-20/h5-13,15-16H,4,14,17-18H2,1-3H3. The molecule has 0 atom stereocenters. The number of amides is 2. The van der Waals surface area contributed by atoms with Crippen molar-refractivity contribution in [2.24, 2.45) is 0 Å². The lowest BCUT2D eigenvalue weighted by Crippen LogP contribution is -2.30. The first kappa shape index (κ1) is 21.8. The smallest absolute Gasteiger partial charge is 0.268 e. The maximum Gasteiger partial charge on any atom is 0.268 e. The quantitative estimate of drug-likeness (QED) is 0.495. The van der Waals surface area contributed by atoms with Gasteiger partial charge >= 0.3 is 0 Å². The Hall–Kier alpha value is -2.92. The molecule has 0 aliphatic carbocycles. The van der Waals surface area contributed by atoms with E-state index in [0.29, 0.717) is 17.8 Å². The first-order chi connectivity index (χ1) is 14.5. The van der Waals surface area contributed by atoms with Crippen LogP contribution in [0.3, 0.4) is 0 Å². The van der Waals surface area contributed by atoms with E-state index in [0.717, 1.165) is 29.8 Å².